The Kier molecular flexibility index (Phi) is 3.47. The van der Waals surface area contributed by atoms with Crippen LogP contribution in [0.4, 0.5) is 13.2 Å². The predicted octanol–water partition coefficient (Wildman–Crippen LogP) is 4.12. The second-order valence-electron chi connectivity index (χ2n) is 3.87. The summed E-state index contributed by atoms with van der Waals surface area (Å²) in [6.45, 7) is 0. The average molecular weight is 251 g/mol. The van der Waals surface area contributed by atoms with Crippen LogP contribution in [0.1, 0.15) is 37.8 Å². The van der Waals surface area contributed by atoms with E-state index in [-0.39, 0.29) is 5.22 Å². The summed E-state index contributed by atoms with van der Waals surface area (Å²) in [4.78, 5) is 3.45. The number of rotatable bonds is 2. The molecule has 0 bridgehead atoms. The van der Waals surface area contributed by atoms with Crippen molar-refractivity contribution in [1.82, 2.24) is 4.98 Å². The van der Waals surface area contributed by atoms with Crippen LogP contribution in [0.5, 0.6) is 0 Å². The summed E-state index contributed by atoms with van der Waals surface area (Å²) in [6, 6.07) is 0. The van der Waals surface area contributed by atoms with Gasteiger partial charge in [0.25, 0.3) is 5.22 Å². The third-order valence-electron chi connectivity index (χ3n) is 2.59. The van der Waals surface area contributed by atoms with Gasteiger partial charge in [-0.05, 0) is 12.8 Å². The van der Waals surface area contributed by atoms with Crippen LogP contribution in [0.3, 0.4) is 0 Å². The van der Waals surface area contributed by atoms with Crippen LogP contribution in [0.15, 0.2) is 15.9 Å². The zero-order valence-corrected chi connectivity index (χ0v) is 9.40. The van der Waals surface area contributed by atoms with Gasteiger partial charge in [0, 0.05) is 5.25 Å². The molecule has 1 heterocycles. The normalized spacial score (nSPS) is 18.9. The zero-order valence-electron chi connectivity index (χ0n) is 8.59. The van der Waals surface area contributed by atoms with Gasteiger partial charge in [-0.1, -0.05) is 31.0 Å². The van der Waals surface area contributed by atoms with Gasteiger partial charge in [-0.25, -0.2) is 0 Å². The van der Waals surface area contributed by atoms with E-state index in [1.165, 1.54) is 18.2 Å². The van der Waals surface area contributed by atoms with Crippen LogP contribution in [0.25, 0.3) is 0 Å². The van der Waals surface area contributed by atoms with Crippen molar-refractivity contribution in [1.29, 1.82) is 0 Å². The third-order valence-corrected chi connectivity index (χ3v) is 3.79. The lowest BCUT2D eigenvalue weighted by Crippen LogP contribution is -2.08. The molecular formula is C10H12F3NOS. The highest BCUT2D eigenvalue weighted by molar-refractivity contribution is 7.99. The van der Waals surface area contributed by atoms with Gasteiger partial charge in [-0.3, -0.25) is 0 Å². The van der Waals surface area contributed by atoms with Gasteiger partial charge in [0.1, 0.15) is 6.26 Å². The number of hydrogen-bond donors (Lipinski definition) is 0. The maximum atomic E-state index is 12.2. The van der Waals surface area contributed by atoms with Crippen molar-refractivity contribution in [3.8, 4) is 0 Å². The molecule has 1 saturated carbocycles. The molecule has 1 aromatic heterocycles. The molecule has 1 aromatic rings. The predicted molar refractivity (Wildman–Crippen MR) is 54.2 cm³/mol. The van der Waals surface area contributed by atoms with Crippen LogP contribution >= 0.6 is 11.8 Å². The Bertz CT molecular complexity index is 344. The molecule has 1 aliphatic carbocycles. The Morgan fingerprint density at radius 3 is 2.50 bits per heavy atom. The lowest BCUT2D eigenvalue weighted by atomic mass is 10.0. The summed E-state index contributed by atoms with van der Waals surface area (Å²) < 4.78 is 41.6. The van der Waals surface area contributed by atoms with Crippen molar-refractivity contribution in [2.45, 2.75) is 48.8 Å². The van der Waals surface area contributed by atoms with Crippen LogP contribution in [-0.2, 0) is 6.18 Å². The quantitative estimate of drug-likeness (QED) is 0.790. The molecule has 0 unspecified atom stereocenters. The molecule has 1 aliphatic rings. The van der Waals surface area contributed by atoms with Crippen molar-refractivity contribution in [2.24, 2.45) is 0 Å². The van der Waals surface area contributed by atoms with E-state index in [1.54, 1.807) is 0 Å². The number of oxazole rings is 1. The number of alkyl halides is 3. The second-order valence-corrected chi connectivity index (χ2v) is 5.13. The Labute approximate surface area is 95.6 Å². The molecule has 0 spiro atoms. The summed E-state index contributed by atoms with van der Waals surface area (Å²) in [6.07, 6.45) is 1.86. The molecule has 2 nitrogen and oxygen atoms in total. The summed E-state index contributed by atoms with van der Waals surface area (Å²) in [7, 11) is 0. The molecule has 0 aliphatic heterocycles. The topological polar surface area (TPSA) is 26.0 Å². The van der Waals surface area contributed by atoms with Crippen LogP contribution < -0.4 is 0 Å². The number of thioether (sulfide) groups is 1. The van der Waals surface area contributed by atoms with Crippen LogP contribution in [-0.4, -0.2) is 10.2 Å². The Hall–Kier alpha value is -0.650. The van der Waals surface area contributed by atoms with E-state index in [4.69, 9.17) is 4.42 Å². The first-order valence-electron chi connectivity index (χ1n) is 5.25. The smallest absolute Gasteiger partial charge is 0.436 e. The fourth-order valence-electron chi connectivity index (χ4n) is 1.77. The first kappa shape index (κ1) is 11.8. The number of halogens is 3. The van der Waals surface area contributed by atoms with Gasteiger partial charge < -0.3 is 4.42 Å². The van der Waals surface area contributed by atoms with Crippen LogP contribution in [0, 0.1) is 0 Å². The molecule has 0 aromatic carbocycles. The van der Waals surface area contributed by atoms with Gasteiger partial charge in [0.2, 0.25) is 0 Å². The van der Waals surface area contributed by atoms with E-state index in [0.717, 1.165) is 25.7 Å². The maximum absolute atomic E-state index is 12.2. The Morgan fingerprint density at radius 1 is 1.25 bits per heavy atom. The number of aromatic nitrogens is 1. The fourth-order valence-corrected chi connectivity index (χ4v) is 2.88. The Balaban J connectivity index is 1.97. The van der Waals surface area contributed by atoms with Crippen molar-refractivity contribution in [3.63, 3.8) is 0 Å². The van der Waals surface area contributed by atoms with Gasteiger partial charge >= 0.3 is 6.18 Å². The molecule has 0 amide bonds. The fraction of sp³-hybridized carbons (Fsp3) is 0.700. The van der Waals surface area contributed by atoms with E-state index in [1.807, 2.05) is 0 Å². The average Bonchev–Trinajstić information content (AvgIpc) is 2.67. The molecule has 6 heteroatoms. The minimum Gasteiger partial charge on any atom is -0.439 e. The van der Waals surface area contributed by atoms with Gasteiger partial charge in [-0.2, -0.15) is 18.2 Å². The SMILES string of the molecule is FC(F)(F)c1coc(SC2CCCCC2)n1. The highest BCUT2D eigenvalue weighted by Gasteiger charge is 2.35. The minimum absolute atomic E-state index is 0.138. The molecule has 90 valence electrons. The third kappa shape index (κ3) is 2.93. The van der Waals surface area contributed by atoms with E-state index < -0.39 is 11.9 Å². The molecule has 2 rings (SSSR count). The number of hydrogen-bond acceptors (Lipinski definition) is 3. The van der Waals surface area contributed by atoms with Crippen molar-refractivity contribution < 1.29 is 17.6 Å². The molecule has 1 fully saturated rings. The van der Waals surface area contributed by atoms with Crippen LogP contribution in [0.2, 0.25) is 0 Å². The first-order valence-corrected chi connectivity index (χ1v) is 6.13. The summed E-state index contributed by atoms with van der Waals surface area (Å²) in [5, 5.41) is 0.493. The van der Waals surface area contributed by atoms with Crippen molar-refractivity contribution in [2.75, 3.05) is 0 Å². The number of nitrogens with zero attached hydrogens (tertiary/aromatic N) is 1. The van der Waals surface area contributed by atoms with E-state index >= 15 is 0 Å². The summed E-state index contributed by atoms with van der Waals surface area (Å²) in [5.41, 5.74) is -0.939. The summed E-state index contributed by atoms with van der Waals surface area (Å²) in [5.74, 6) is 0. The lowest BCUT2D eigenvalue weighted by Gasteiger charge is -2.18. The zero-order chi connectivity index (χ0) is 11.6. The molecule has 0 saturated heterocycles. The van der Waals surface area contributed by atoms with E-state index in [2.05, 4.69) is 4.98 Å². The lowest BCUT2D eigenvalue weighted by molar-refractivity contribution is -0.141. The largest absolute Gasteiger partial charge is 0.439 e. The highest BCUT2D eigenvalue weighted by atomic mass is 32.2. The standard InChI is InChI=1S/C10H12F3NOS/c11-10(12,13)8-6-15-9(14-8)16-7-4-2-1-3-5-7/h6-7H,1-5H2. The highest BCUT2D eigenvalue weighted by Crippen LogP contribution is 2.35. The van der Waals surface area contributed by atoms with Gasteiger partial charge in [0.15, 0.2) is 5.69 Å². The second kappa shape index (κ2) is 4.69. The molecular weight excluding hydrogens is 239 g/mol. The van der Waals surface area contributed by atoms with Crippen molar-refractivity contribution in [3.05, 3.63) is 12.0 Å². The Morgan fingerprint density at radius 2 is 1.94 bits per heavy atom. The molecule has 16 heavy (non-hydrogen) atoms. The first-order chi connectivity index (χ1) is 7.55. The van der Waals surface area contributed by atoms with Gasteiger partial charge in [0.05, 0.1) is 0 Å². The van der Waals surface area contributed by atoms with Gasteiger partial charge in [-0.15, -0.1) is 0 Å². The maximum Gasteiger partial charge on any atom is 0.436 e. The molecule has 0 radical (unpaired) electrons. The van der Waals surface area contributed by atoms with Crippen molar-refractivity contribution >= 4 is 11.8 Å². The summed E-state index contributed by atoms with van der Waals surface area (Å²) >= 11 is 1.32. The molecule has 0 N–H and O–H groups in total. The van der Waals surface area contributed by atoms with E-state index in [9.17, 15) is 13.2 Å². The monoisotopic (exact) mass is 251 g/mol. The molecule has 0 atom stereocenters. The minimum atomic E-state index is -4.41. The van der Waals surface area contributed by atoms with E-state index in [0.29, 0.717) is 11.5 Å².